The Morgan fingerprint density at radius 3 is 2.25 bits per heavy atom. The largest absolute Gasteiger partial charge is 0.289 e. The molecule has 0 amide bonds. The molecule has 0 aromatic heterocycles. The second-order valence-corrected chi connectivity index (χ2v) is 7.44. The lowest BCUT2D eigenvalue weighted by molar-refractivity contribution is 0.104. The number of benzene rings is 4. The first-order valence-electron chi connectivity index (χ1n) is 8.72. The van der Waals surface area contributed by atoms with Gasteiger partial charge in [-0.15, -0.1) is 0 Å². The summed E-state index contributed by atoms with van der Waals surface area (Å²) in [6.07, 6.45) is 0. The number of carbonyl (C=O) groups excluding carboxylic acids is 1. The summed E-state index contributed by atoms with van der Waals surface area (Å²) in [7, 11) is 0. The molecule has 0 aliphatic rings. The van der Waals surface area contributed by atoms with Crippen LogP contribution in [-0.2, 0) is 0 Å². The number of halogens is 2. The van der Waals surface area contributed by atoms with Crippen LogP contribution in [0.3, 0.4) is 0 Å². The minimum Gasteiger partial charge on any atom is -0.289 e. The fourth-order valence-electron chi connectivity index (χ4n) is 3.07. The van der Waals surface area contributed by atoms with Crippen LogP contribution in [0, 0.1) is 21.2 Å². The third-order valence-corrected chi connectivity index (χ3v) is 5.29. The van der Waals surface area contributed by atoms with E-state index in [1.54, 1.807) is 12.1 Å². The zero-order chi connectivity index (χ0) is 19.5. The Balaban J connectivity index is 1.94. The molecule has 3 heteroatoms. The van der Waals surface area contributed by atoms with Gasteiger partial charge in [0.05, 0.1) is 5.56 Å². The van der Waals surface area contributed by atoms with Gasteiger partial charge in [-0.2, -0.15) is 0 Å². The molecule has 0 saturated heterocycles. The minimum atomic E-state index is -0.300. The van der Waals surface area contributed by atoms with Crippen LogP contribution in [0.5, 0.6) is 0 Å². The molecule has 0 heterocycles. The fraction of sp³-hybridized carbons (Fsp3) is 0. The van der Waals surface area contributed by atoms with Crippen molar-refractivity contribution in [3.8, 4) is 11.8 Å². The van der Waals surface area contributed by atoms with E-state index in [4.69, 9.17) is 0 Å². The fourth-order valence-corrected chi connectivity index (χ4v) is 3.81. The van der Waals surface area contributed by atoms with E-state index >= 15 is 0 Å². The normalized spacial score (nSPS) is 10.4. The van der Waals surface area contributed by atoms with E-state index in [1.807, 2.05) is 60.7 Å². The van der Waals surface area contributed by atoms with Crippen LogP contribution in [0.2, 0.25) is 0 Å². The predicted molar refractivity (Wildman–Crippen MR) is 119 cm³/mol. The maximum Gasteiger partial charge on any atom is 0.194 e. The van der Waals surface area contributed by atoms with Gasteiger partial charge in [-0.1, -0.05) is 66.4 Å². The monoisotopic (exact) mass is 476 g/mol. The van der Waals surface area contributed by atoms with E-state index in [0.29, 0.717) is 22.3 Å². The zero-order valence-corrected chi connectivity index (χ0v) is 16.9. The van der Waals surface area contributed by atoms with E-state index in [1.165, 1.54) is 12.1 Å². The number of carbonyl (C=O) groups is 1. The highest BCUT2D eigenvalue weighted by atomic mass is 127. The van der Waals surface area contributed by atoms with Crippen molar-refractivity contribution in [3.63, 3.8) is 0 Å². The van der Waals surface area contributed by atoms with Gasteiger partial charge in [0.1, 0.15) is 5.82 Å². The van der Waals surface area contributed by atoms with E-state index in [9.17, 15) is 9.18 Å². The highest BCUT2D eigenvalue weighted by Gasteiger charge is 2.18. The molecule has 0 aliphatic carbocycles. The third kappa shape index (κ3) is 3.69. The van der Waals surface area contributed by atoms with Crippen LogP contribution in [0.4, 0.5) is 4.39 Å². The highest BCUT2D eigenvalue weighted by Crippen LogP contribution is 2.29. The highest BCUT2D eigenvalue weighted by molar-refractivity contribution is 14.1. The van der Waals surface area contributed by atoms with Gasteiger partial charge in [0, 0.05) is 20.3 Å². The number of rotatable bonds is 2. The summed E-state index contributed by atoms with van der Waals surface area (Å²) in [4.78, 5) is 13.4. The molecule has 0 bridgehead atoms. The van der Waals surface area contributed by atoms with Crippen LogP contribution < -0.4 is 0 Å². The van der Waals surface area contributed by atoms with Gasteiger partial charge >= 0.3 is 0 Å². The van der Waals surface area contributed by atoms with E-state index in [-0.39, 0.29) is 11.6 Å². The smallest absolute Gasteiger partial charge is 0.194 e. The minimum absolute atomic E-state index is 0.0567. The Morgan fingerprint density at radius 2 is 1.50 bits per heavy atom. The molecule has 0 saturated carbocycles. The summed E-state index contributed by atoms with van der Waals surface area (Å²) in [5.74, 6) is 5.87. The molecule has 134 valence electrons. The molecule has 28 heavy (non-hydrogen) atoms. The number of fused-ring (bicyclic) bond motifs is 1. The van der Waals surface area contributed by atoms with Gasteiger partial charge in [0.2, 0.25) is 0 Å². The summed E-state index contributed by atoms with van der Waals surface area (Å²) in [5, 5.41) is 1.87. The van der Waals surface area contributed by atoms with Crippen molar-refractivity contribution in [2.75, 3.05) is 0 Å². The lowest BCUT2D eigenvalue weighted by Crippen LogP contribution is -2.06. The van der Waals surface area contributed by atoms with E-state index < -0.39 is 0 Å². The third-order valence-electron chi connectivity index (χ3n) is 4.44. The number of hydrogen-bond donors (Lipinski definition) is 0. The summed E-state index contributed by atoms with van der Waals surface area (Å²) >= 11 is 2.22. The van der Waals surface area contributed by atoms with Gasteiger partial charge in [-0.3, -0.25) is 4.79 Å². The number of hydrogen-bond acceptors (Lipinski definition) is 1. The molecule has 0 radical (unpaired) electrons. The first-order valence-corrected chi connectivity index (χ1v) is 9.80. The van der Waals surface area contributed by atoms with Gasteiger partial charge in [0.25, 0.3) is 0 Å². The van der Waals surface area contributed by atoms with Crippen molar-refractivity contribution in [3.05, 3.63) is 117 Å². The molecular weight excluding hydrogens is 462 g/mol. The SMILES string of the molecule is O=C(c1ccccc1)c1c(C#Cc2ccc(F)cc2)c(I)cc2ccccc12. The Hall–Kier alpha value is -2.97. The molecule has 4 rings (SSSR count). The molecule has 0 unspecified atom stereocenters. The second kappa shape index (κ2) is 7.95. The molecular formula is C25H14FIO. The Kier molecular flexibility index (Phi) is 5.23. The first kappa shape index (κ1) is 18.4. The summed E-state index contributed by atoms with van der Waals surface area (Å²) in [6.45, 7) is 0. The molecule has 0 fully saturated rings. The van der Waals surface area contributed by atoms with Crippen LogP contribution in [0.15, 0.2) is 84.9 Å². The molecule has 0 spiro atoms. The maximum atomic E-state index is 13.4. The molecule has 0 aliphatic heterocycles. The molecule has 4 aromatic carbocycles. The Bertz CT molecular complexity index is 1230. The molecule has 0 atom stereocenters. The lowest BCUT2D eigenvalue weighted by atomic mass is 9.92. The average molecular weight is 476 g/mol. The van der Waals surface area contributed by atoms with Crippen molar-refractivity contribution in [1.29, 1.82) is 0 Å². The van der Waals surface area contributed by atoms with Crippen molar-refractivity contribution in [1.82, 2.24) is 0 Å². The Labute approximate surface area is 176 Å². The number of ketones is 1. The summed E-state index contributed by atoms with van der Waals surface area (Å²) in [6, 6.07) is 25.1. The topological polar surface area (TPSA) is 17.1 Å². The molecule has 0 N–H and O–H groups in total. The van der Waals surface area contributed by atoms with Crippen molar-refractivity contribution >= 4 is 39.1 Å². The quantitative estimate of drug-likeness (QED) is 0.191. The van der Waals surface area contributed by atoms with E-state index in [0.717, 1.165) is 14.3 Å². The standard InChI is InChI=1S/C25H14FIO/c26-20-13-10-17(11-14-20)12-15-22-23(27)16-19-8-4-5-9-21(19)24(22)25(28)18-6-2-1-3-7-18/h1-11,13-14,16H. The predicted octanol–water partition coefficient (Wildman–Crippen LogP) is 6.21. The first-order chi connectivity index (χ1) is 13.6. The van der Waals surface area contributed by atoms with Crippen molar-refractivity contribution < 1.29 is 9.18 Å². The summed E-state index contributed by atoms with van der Waals surface area (Å²) in [5.41, 5.74) is 2.61. The zero-order valence-electron chi connectivity index (χ0n) is 14.7. The van der Waals surface area contributed by atoms with Crippen LogP contribution >= 0.6 is 22.6 Å². The van der Waals surface area contributed by atoms with E-state index in [2.05, 4.69) is 34.4 Å². The van der Waals surface area contributed by atoms with Crippen molar-refractivity contribution in [2.45, 2.75) is 0 Å². The second-order valence-electron chi connectivity index (χ2n) is 6.28. The van der Waals surface area contributed by atoms with Gasteiger partial charge < -0.3 is 0 Å². The summed E-state index contributed by atoms with van der Waals surface area (Å²) < 4.78 is 14.1. The average Bonchev–Trinajstić information content (AvgIpc) is 2.73. The molecule has 4 aromatic rings. The van der Waals surface area contributed by atoms with Gasteiger partial charge in [-0.05, 0) is 63.7 Å². The van der Waals surface area contributed by atoms with Crippen LogP contribution in [0.1, 0.15) is 27.0 Å². The van der Waals surface area contributed by atoms with Gasteiger partial charge in [0.15, 0.2) is 5.78 Å². The van der Waals surface area contributed by atoms with Crippen LogP contribution in [0.25, 0.3) is 10.8 Å². The lowest BCUT2D eigenvalue weighted by Gasteiger charge is -2.11. The Morgan fingerprint density at radius 1 is 0.821 bits per heavy atom. The maximum absolute atomic E-state index is 13.4. The van der Waals surface area contributed by atoms with Crippen molar-refractivity contribution in [2.24, 2.45) is 0 Å². The van der Waals surface area contributed by atoms with Gasteiger partial charge in [-0.25, -0.2) is 4.39 Å². The van der Waals surface area contributed by atoms with Crippen LogP contribution in [-0.4, -0.2) is 5.78 Å². The molecule has 1 nitrogen and oxygen atoms in total.